The zero-order valence-electron chi connectivity index (χ0n) is 29.0. The first-order valence-electron chi connectivity index (χ1n) is 17.8. The second-order valence-corrected chi connectivity index (χ2v) is 16.1. The molecule has 0 unspecified atom stereocenters. The highest BCUT2D eigenvalue weighted by molar-refractivity contribution is 7.00. The second kappa shape index (κ2) is 11.2. The van der Waals surface area contributed by atoms with E-state index in [4.69, 9.17) is 0 Å². The van der Waals surface area contributed by atoms with E-state index >= 15 is 0 Å². The van der Waals surface area contributed by atoms with Crippen LogP contribution in [0.2, 0.25) is 0 Å². The summed E-state index contributed by atoms with van der Waals surface area (Å²) in [6.45, 7) is 14.0. The van der Waals surface area contributed by atoms with Crippen LogP contribution in [0.25, 0.3) is 0 Å². The highest BCUT2D eigenvalue weighted by Crippen LogP contribution is 2.47. The molecule has 3 heteroatoms. The van der Waals surface area contributed by atoms with Crippen molar-refractivity contribution in [1.82, 2.24) is 0 Å². The Bertz CT molecular complexity index is 1810. The van der Waals surface area contributed by atoms with E-state index in [2.05, 4.69) is 161 Å². The fourth-order valence-corrected chi connectivity index (χ4v) is 8.37. The van der Waals surface area contributed by atoms with Crippen molar-refractivity contribution in [2.24, 2.45) is 0 Å². The molecule has 1 fully saturated rings. The molecule has 0 N–H and O–H groups in total. The van der Waals surface area contributed by atoms with Gasteiger partial charge in [0.1, 0.15) is 0 Å². The lowest BCUT2D eigenvalue weighted by atomic mass is 9.33. The Balaban J connectivity index is 1.41. The summed E-state index contributed by atoms with van der Waals surface area (Å²) in [4.78, 5) is 5.14. The molecule has 0 radical (unpaired) electrons. The number of rotatable bonds is 3. The minimum absolute atomic E-state index is 0.107. The maximum atomic E-state index is 2.57. The van der Waals surface area contributed by atoms with Crippen molar-refractivity contribution in [2.75, 3.05) is 9.80 Å². The molecule has 236 valence electrons. The van der Waals surface area contributed by atoms with E-state index < -0.39 is 0 Å². The van der Waals surface area contributed by atoms with Gasteiger partial charge in [0.15, 0.2) is 0 Å². The molecule has 0 saturated heterocycles. The van der Waals surface area contributed by atoms with E-state index in [1.807, 2.05) is 0 Å². The van der Waals surface area contributed by atoms with E-state index in [0.717, 1.165) is 0 Å². The Labute approximate surface area is 282 Å². The van der Waals surface area contributed by atoms with Crippen molar-refractivity contribution in [1.29, 1.82) is 0 Å². The van der Waals surface area contributed by atoms with Gasteiger partial charge in [-0.2, -0.15) is 0 Å². The van der Waals surface area contributed by atoms with Crippen LogP contribution in [0.15, 0.2) is 109 Å². The van der Waals surface area contributed by atoms with Gasteiger partial charge in [-0.1, -0.05) is 121 Å². The predicted octanol–water partition coefficient (Wildman–Crippen LogP) is 10.4. The fraction of sp³-hybridized carbons (Fsp3) is 0.318. The van der Waals surface area contributed by atoms with Gasteiger partial charge in [-0.3, -0.25) is 0 Å². The molecule has 0 bridgehead atoms. The Kier molecular flexibility index (Phi) is 7.17. The SMILES string of the molecule is CC(C)(C)c1ccc(N2c3ccccc3B3c4ccccc4N(c4ccc(C(C)(C)C)cc4)c4cc(C5CCCCC5)cc2c43)cc1. The Morgan fingerprint density at radius 3 is 1.36 bits per heavy atom. The zero-order chi connectivity index (χ0) is 32.5. The quantitative estimate of drug-likeness (QED) is 0.183. The molecule has 2 aliphatic heterocycles. The number of anilines is 6. The topological polar surface area (TPSA) is 6.48 Å². The first-order chi connectivity index (χ1) is 22.6. The number of para-hydroxylation sites is 2. The standard InChI is InChI=1S/C44H47BN2/c1-43(2,3)32-20-24-34(25-21-32)46-38-18-12-10-16-36(38)45-37-17-11-13-19-39(37)47(35-26-22-33(23-27-35)44(4,5)6)41-29-31(28-40(46)42(41)45)30-14-8-7-9-15-30/h10-13,16-30H,7-9,14-15H2,1-6H3. The minimum Gasteiger partial charge on any atom is -0.311 e. The number of fused-ring (bicyclic) bond motifs is 4. The van der Waals surface area contributed by atoms with Gasteiger partial charge in [-0.25, -0.2) is 0 Å². The smallest absolute Gasteiger partial charge is 0.252 e. The number of hydrogen-bond donors (Lipinski definition) is 0. The summed E-state index contributed by atoms with van der Waals surface area (Å²) in [6, 6.07) is 42.1. The Hall–Kier alpha value is -4.24. The van der Waals surface area contributed by atoms with Crippen LogP contribution in [0, 0.1) is 0 Å². The van der Waals surface area contributed by atoms with Crippen LogP contribution in [0.4, 0.5) is 34.1 Å². The third kappa shape index (κ3) is 5.10. The number of hydrogen-bond acceptors (Lipinski definition) is 2. The van der Waals surface area contributed by atoms with Crippen LogP contribution in [-0.4, -0.2) is 6.71 Å². The molecular weight excluding hydrogens is 567 g/mol. The molecule has 0 amide bonds. The van der Waals surface area contributed by atoms with E-state index in [1.54, 1.807) is 0 Å². The van der Waals surface area contributed by atoms with Gasteiger partial charge in [-0.05, 0) is 111 Å². The summed E-state index contributed by atoms with van der Waals surface area (Å²) in [7, 11) is 0. The molecule has 8 rings (SSSR count). The highest BCUT2D eigenvalue weighted by atomic mass is 15.2. The lowest BCUT2D eigenvalue weighted by Gasteiger charge is -2.45. The molecule has 0 aromatic heterocycles. The summed E-state index contributed by atoms with van der Waals surface area (Å²) in [5.74, 6) is 0.591. The van der Waals surface area contributed by atoms with Gasteiger partial charge in [0.25, 0.3) is 6.71 Å². The van der Waals surface area contributed by atoms with Crippen molar-refractivity contribution in [3.8, 4) is 0 Å². The van der Waals surface area contributed by atoms with Crippen LogP contribution in [0.1, 0.15) is 96.3 Å². The van der Waals surface area contributed by atoms with Crippen molar-refractivity contribution in [3.05, 3.63) is 126 Å². The molecular formula is C44H47BN2. The first-order valence-corrected chi connectivity index (χ1v) is 17.8. The van der Waals surface area contributed by atoms with E-state index in [1.165, 1.54) is 99.3 Å². The van der Waals surface area contributed by atoms with E-state index in [-0.39, 0.29) is 17.5 Å². The maximum absolute atomic E-state index is 2.57. The largest absolute Gasteiger partial charge is 0.311 e. The van der Waals surface area contributed by atoms with Gasteiger partial charge < -0.3 is 9.80 Å². The molecule has 0 spiro atoms. The zero-order valence-corrected chi connectivity index (χ0v) is 29.0. The van der Waals surface area contributed by atoms with Crippen LogP contribution >= 0.6 is 0 Å². The molecule has 2 nitrogen and oxygen atoms in total. The average Bonchev–Trinajstić information content (AvgIpc) is 3.08. The monoisotopic (exact) mass is 614 g/mol. The van der Waals surface area contributed by atoms with Gasteiger partial charge in [0, 0.05) is 34.1 Å². The van der Waals surface area contributed by atoms with Gasteiger partial charge in [-0.15, -0.1) is 0 Å². The summed E-state index contributed by atoms with van der Waals surface area (Å²) in [5.41, 5.74) is 16.3. The Morgan fingerprint density at radius 1 is 0.511 bits per heavy atom. The molecule has 47 heavy (non-hydrogen) atoms. The number of nitrogens with zero attached hydrogens (tertiary/aromatic N) is 2. The van der Waals surface area contributed by atoms with Crippen molar-refractivity contribution in [3.63, 3.8) is 0 Å². The van der Waals surface area contributed by atoms with Crippen molar-refractivity contribution >= 4 is 57.2 Å². The van der Waals surface area contributed by atoms with Crippen LogP contribution in [0.5, 0.6) is 0 Å². The lowest BCUT2D eigenvalue weighted by molar-refractivity contribution is 0.444. The second-order valence-electron chi connectivity index (χ2n) is 16.1. The van der Waals surface area contributed by atoms with Crippen LogP contribution in [0.3, 0.4) is 0 Å². The summed E-state index contributed by atoms with van der Waals surface area (Å²) in [6.07, 6.45) is 6.54. The van der Waals surface area contributed by atoms with Crippen LogP contribution in [-0.2, 0) is 10.8 Å². The molecule has 3 aliphatic rings. The third-order valence-electron chi connectivity index (χ3n) is 11.0. The fourth-order valence-electron chi connectivity index (χ4n) is 8.37. The molecule has 5 aromatic rings. The molecule has 2 heterocycles. The lowest BCUT2D eigenvalue weighted by Crippen LogP contribution is -2.61. The summed E-state index contributed by atoms with van der Waals surface area (Å²) < 4.78 is 0. The highest BCUT2D eigenvalue weighted by Gasteiger charge is 2.43. The third-order valence-corrected chi connectivity index (χ3v) is 11.0. The molecule has 1 saturated carbocycles. The van der Waals surface area contributed by atoms with Gasteiger partial charge >= 0.3 is 0 Å². The number of benzene rings is 5. The summed E-state index contributed by atoms with van der Waals surface area (Å²) in [5, 5.41) is 0. The van der Waals surface area contributed by atoms with E-state index in [9.17, 15) is 0 Å². The van der Waals surface area contributed by atoms with Crippen LogP contribution < -0.4 is 26.2 Å². The normalized spacial score (nSPS) is 16.1. The maximum Gasteiger partial charge on any atom is 0.252 e. The van der Waals surface area contributed by atoms with Gasteiger partial charge in [0.2, 0.25) is 0 Å². The molecule has 1 aliphatic carbocycles. The molecule has 0 atom stereocenters. The average molecular weight is 615 g/mol. The predicted molar refractivity (Wildman–Crippen MR) is 204 cm³/mol. The Morgan fingerprint density at radius 2 is 0.936 bits per heavy atom. The van der Waals surface area contributed by atoms with Gasteiger partial charge in [0.05, 0.1) is 0 Å². The summed E-state index contributed by atoms with van der Waals surface area (Å²) >= 11 is 0. The van der Waals surface area contributed by atoms with Crippen molar-refractivity contribution in [2.45, 2.75) is 90.4 Å². The molecule has 5 aromatic carbocycles. The van der Waals surface area contributed by atoms with E-state index in [0.29, 0.717) is 5.92 Å². The first kappa shape index (κ1) is 30.1. The minimum atomic E-state index is 0.107. The van der Waals surface area contributed by atoms with Crippen molar-refractivity contribution < 1.29 is 0 Å².